The van der Waals surface area contributed by atoms with Gasteiger partial charge in [-0.25, -0.2) is 4.98 Å². The number of nitrogens with zero attached hydrogens (tertiary/aromatic N) is 3. The van der Waals surface area contributed by atoms with Crippen molar-refractivity contribution in [2.75, 3.05) is 37.7 Å². The summed E-state index contributed by atoms with van der Waals surface area (Å²) in [6.07, 6.45) is 1.88. The molecule has 3 rings (SSSR count). The van der Waals surface area contributed by atoms with Crippen molar-refractivity contribution in [2.24, 2.45) is 0 Å². The molecule has 0 aliphatic carbocycles. The van der Waals surface area contributed by atoms with Gasteiger partial charge in [-0.2, -0.15) is 0 Å². The highest BCUT2D eigenvalue weighted by molar-refractivity contribution is 5.48. The van der Waals surface area contributed by atoms with Gasteiger partial charge in [-0.05, 0) is 12.6 Å². The molecule has 4 heteroatoms. The highest BCUT2D eigenvalue weighted by Gasteiger charge is 2.30. The lowest BCUT2D eigenvalue weighted by molar-refractivity contribution is 0.0921. The number of anilines is 1. The standard InChI is InChI=1S/C13H19N3O/c1-2-15-6-7-16-12(8-15)10-17-9-11-4-3-5-14-13(11)16/h3-5,12H,2,6-10H2,1H3. The van der Waals surface area contributed by atoms with E-state index in [0.717, 1.165) is 38.6 Å². The van der Waals surface area contributed by atoms with Crippen molar-refractivity contribution in [3.8, 4) is 0 Å². The van der Waals surface area contributed by atoms with Crippen LogP contribution in [0.25, 0.3) is 0 Å². The number of hydrogen-bond donors (Lipinski definition) is 0. The number of piperazine rings is 1. The smallest absolute Gasteiger partial charge is 0.134 e. The van der Waals surface area contributed by atoms with Gasteiger partial charge in [0.1, 0.15) is 5.82 Å². The van der Waals surface area contributed by atoms with Crippen LogP contribution >= 0.6 is 0 Å². The summed E-state index contributed by atoms with van der Waals surface area (Å²) in [5.41, 5.74) is 1.22. The maximum absolute atomic E-state index is 5.77. The van der Waals surface area contributed by atoms with Crippen LogP contribution in [0.2, 0.25) is 0 Å². The summed E-state index contributed by atoms with van der Waals surface area (Å²) < 4.78 is 5.77. The fourth-order valence-electron chi connectivity index (χ4n) is 2.73. The molecule has 4 nitrogen and oxygen atoms in total. The van der Waals surface area contributed by atoms with Crippen molar-refractivity contribution < 1.29 is 4.74 Å². The van der Waals surface area contributed by atoms with E-state index in [4.69, 9.17) is 4.74 Å². The van der Waals surface area contributed by atoms with E-state index in [-0.39, 0.29) is 0 Å². The zero-order chi connectivity index (χ0) is 11.7. The number of aromatic nitrogens is 1. The Morgan fingerprint density at radius 1 is 1.47 bits per heavy atom. The maximum atomic E-state index is 5.77. The third-order valence-corrected chi connectivity index (χ3v) is 3.72. The molecule has 0 spiro atoms. The zero-order valence-electron chi connectivity index (χ0n) is 10.3. The molecular weight excluding hydrogens is 214 g/mol. The minimum Gasteiger partial charge on any atom is -0.374 e. The van der Waals surface area contributed by atoms with Gasteiger partial charge in [-0.15, -0.1) is 0 Å². The highest BCUT2D eigenvalue weighted by Crippen LogP contribution is 2.26. The van der Waals surface area contributed by atoms with Crippen LogP contribution in [0.1, 0.15) is 12.5 Å². The van der Waals surface area contributed by atoms with Crippen LogP contribution in [-0.4, -0.2) is 48.7 Å². The van der Waals surface area contributed by atoms with Gasteiger partial charge in [0.05, 0.1) is 19.3 Å². The van der Waals surface area contributed by atoms with Crippen LogP contribution in [0.5, 0.6) is 0 Å². The van der Waals surface area contributed by atoms with E-state index in [1.807, 2.05) is 12.3 Å². The minimum absolute atomic E-state index is 0.458. The first-order chi connectivity index (χ1) is 8.38. The van der Waals surface area contributed by atoms with E-state index in [0.29, 0.717) is 12.6 Å². The Labute approximate surface area is 102 Å². The molecule has 0 radical (unpaired) electrons. The van der Waals surface area contributed by atoms with Crippen LogP contribution in [0.15, 0.2) is 18.3 Å². The van der Waals surface area contributed by atoms with Crippen LogP contribution in [0.3, 0.4) is 0 Å². The van der Waals surface area contributed by atoms with Gasteiger partial charge in [-0.1, -0.05) is 13.0 Å². The highest BCUT2D eigenvalue weighted by atomic mass is 16.5. The molecule has 0 amide bonds. The number of pyridine rings is 1. The van der Waals surface area contributed by atoms with Crippen LogP contribution in [0, 0.1) is 0 Å². The van der Waals surface area contributed by atoms with Gasteiger partial charge in [-0.3, -0.25) is 4.90 Å². The number of likely N-dealkylation sites (N-methyl/N-ethyl adjacent to an activating group) is 1. The van der Waals surface area contributed by atoms with Gasteiger partial charge >= 0.3 is 0 Å². The van der Waals surface area contributed by atoms with Gasteiger partial charge in [0, 0.05) is 31.4 Å². The summed E-state index contributed by atoms with van der Waals surface area (Å²) in [4.78, 5) is 9.45. The number of hydrogen-bond acceptors (Lipinski definition) is 4. The molecule has 1 saturated heterocycles. The molecule has 2 aliphatic rings. The zero-order valence-corrected chi connectivity index (χ0v) is 10.3. The van der Waals surface area contributed by atoms with Crippen molar-refractivity contribution >= 4 is 5.82 Å². The molecule has 17 heavy (non-hydrogen) atoms. The maximum Gasteiger partial charge on any atom is 0.134 e. The molecule has 0 bridgehead atoms. The Morgan fingerprint density at radius 3 is 3.29 bits per heavy atom. The van der Waals surface area contributed by atoms with Crippen molar-refractivity contribution in [3.05, 3.63) is 23.9 Å². The Bertz CT molecular complexity index is 396. The van der Waals surface area contributed by atoms with Crippen molar-refractivity contribution in [2.45, 2.75) is 19.6 Å². The number of rotatable bonds is 1. The van der Waals surface area contributed by atoms with E-state index in [9.17, 15) is 0 Å². The Hall–Kier alpha value is -1.13. The molecular formula is C13H19N3O. The van der Waals surface area contributed by atoms with E-state index in [2.05, 4.69) is 27.8 Å². The van der Waals surface area contributed by atoms with E-state index in [1.54, 1.807) is 0 Å². The molecule has 0 N–H and O–H groups in total. The number of fused-ring (bicyclic) bond motifs is 3. The summed E-state index contributed by atoms with van der Waals surface area (Å²) in [7, 11) is 0. The summed E-state index contributed by atoms with van der Waals surface area (Å²) in [5, 5.41) is 0. The average molecular weight is 233 g/mol. The van der Waals surface area contributed by atoms with Gasteiger partial charge in [0.15, 0.2) is 0 Å². The topological polar surface area (TPSA) is 28.6 Å². The molecule has 3 heterocycles. The molecule has 1 aromatic heterocycles. The van der Waals surface area contributed by atoms with Gasteiger partial charge < -0.3 is 9.64 Å². The first-order valence-corrected chi connectivity index (χ1v) is 6.39. The Kier molecular flexibility index (Phi) is 2.99. The van der Waals surface area contributed by atoms with Crippen molar-refractivity contribution in [1.29, 1.82) is 0 Å². The molecule has 0 aromatic carbocycles. The summed E-state index contributed by atoms with van der Waals surface area (Å²) in [6.45, 7) is 8.13. The van der Waals surface area contributed by atoms with Gasteiger partial charge in [0.25, 0.3) is 0 Å². The second-order valence-corrected chi connectivity index (χ2v) is 4.74. The van der Waals surface area contributed by atoms with Crippen LogP contribution < -0.4 is 4.90 Å². The quantitative estimate of drug-likeness (QED) is 0.727. The summed E-state index contributed by atoms with van der Waals surface area (Å²) in [5.74, 6) is 1.13. The monoisotopic (exact) mass is 233 g/mol. The van der Waals surface area contributed by atoms with Crippen LogP contribution in [0.4, 0.5) is 5.82 Å². The predicted molar refractivity (Wildman–Crippen MR) is 67.1 cm³/mol. The Morgan fingerprint density at radius 2 is 2.41 bits per heavy atom. The van der Waals surface area contributed by atoms with E-state index >= 15 is 0 Å². The largest absolute Gasteiger partial charge is 0.374 e. The SMILES string of the molecule is CCN1CCN2c3ncccc3COCC2C1. The lowest BCUT2D eigenvalue weighted by Crippen LogP contribution is -2.54. The van der Waals surface area contributed by atoms with Crippen molar-refractivity contribution in [3.63, 3.8) is 0 Å². The molecule has 1 aromatic rings. The van der Waals surface area contributed by atoms with Crippen LogP contribution in [-0.2, 0) is 11.3 Å². The van der Waals surface area contributed by atoms with Crippen molar-refractivity contribution in [1.82, 2.24) is 9.88 Å². The second kappa shape index (κ2) is 4.63. The summed E-state index contributed by atoms with van der Waals surface area (Å²) in [6, 6.07) is 4.57. The first kappa shape index (κ1) is 11.0. The predicted octanol–water partition coefficient (Wildman–Crippen LogP) is 1.12. The molecule has 1 unspecified atom stereocenters. The molecule has 2 aliphatic heterocycles. The lowest BCUT2D eigenvalue weighted by Gasteiger charge is -2.40. The third-order valence-electron chi connectivity index (χ3n) is 3.72. The second-order valence-electron chi connectivity index (χ2n) is 4.74. The Balaban J connectivity index is 1.89. The minimum atomic E-state index is 0.458. The fraction of sp³-hybridized carbons (Fsp3) is 0.615. The molecule has 92 valence electrons. The molecule has 1 atom stereocenters. The molecule has 0 saturated carbocycles. The fourth-order valence-corrected chi connectivity index (χ4v) is 2.73. The first-order valence-electron chi connectivity index (χ1n) is 6.39. The molecule has 1 fully saturated rings. The lowest BCUT2D eigenvalue weighted by atomic mass is 10.1. The van der Waals surface area contributed by atoms with E-state index in [1.165, 1.54) is 5.56 Å². The summed E-state index contributed by atoms with van der Waals surface area (Å²) >= 11 is 0. The number of ether oxygens (including phenoxy) is 1. The van der Waals surface area contributed by atoms with E-state index < -0.39 is 0 Å². The normalized spacial score (nSPS) is 25.0. The average Bonchev–Trinajstić information content (AvgIpc) is 2.57. The third kappa shape index (κ3) is 2.03. The van der Waals surface area contributed by atoms with Gasteiger partial charge in [0.2, 0.25) is 0 Å².